The van der Waals surface area contributed by atoms with E-state index in [0.717, 1.165) is 22.4 Å². The molecule has 0 spiro atoms. The van der Waals surface area contributed by atoms with Crippen LogP contribution in [-0.2, 0) is 4.79 Å². The van der Waals surface area contributed by atoms with Gasteiger partial charge in [0.1, 0.15) is 5.75 Å². The molecule has 1 N–H and O–H groups in total. The third kappa shape index (κ3) is 3.25. The molecule has 1 aromatic rings. The maximum absolute atomic E-state index is 10.8. The van der Waals surface area contributed by atoms with Crippen LogP contribution in [0.2, 0.25) is 0 Å². The maximum atomic E-state index is 10.8. The Morgan fingerprint density at radius 2 is 1.89 bits per heavy atom. The lowest BCUT2D eigenvalue weighted by atomic mass is 9.89. The van der Waals surface area contributed by atoms with Crippen molar-refractivity contribution < 1.29 is 14.6 Å². The minimum absolute atomic E-state index is 0.0194. The van der Waals surface area contributed by atoms with E-state index in [1.807, 2.05) is 19.9 Å². The summed E-state index contributed by atoms with van der Waals surface area (Å²) in [4.78, 5) is 10.8. The summed E-state index contributed by atoms with van der Waals surface area (Å²) in [7, 11) is 1.67. The van der Waals surface area contributed by atoms with Crippen molar-refractivity contribution in [2.24, 2.45) is 0 Å². The van der Waals surface area contributed by atoms with Crippen LogP contribution in [0.25, 0.3) is 0 Å². The van der Waals surface area contributed by atoms with Gasteiger partial charge in [-0.15, -0.1) is 0 Å². The lowest BCUT2D eigenvalue weighted by Crippen LogP contribution is -2.06. The van der Waals surface area contributed by atoms with E-state index in [4.69, 9.17) is 9.84 Å². The summed E-state index contributed by atoms with van der Waals surface area (Å²) >= 11 is 0. The number of benzene rings is 1. The van der Waals surface area contributed by atoms with Gasteiger partial charge in [0, 0.05) is 0 Å². The van der Waals surface area contributed by atoms with E-state index < -0.39 is 5.97 Å². The van der Waals surface area contributed by atoms with E-state index in [2.05, 4.69) is 19.9 Å². The average Bonchev–Trinajstić information content (AvgIpc) is 2.26. The van der Waals surface area contributed by atoms with E-state index in [9.17, 15) is 4.79 Å². The first-order valence-electron chi connectivity index (χ1n) is 6.27. The number of carbonyl (C=O) groups is 1. The number of rotatable bonds is 5. The summed E-state index contributed by atoms with van der Waals surface area (Å²) in [6, 6.07) is 4.09. The second-order valence-corrected chi connectivity index (χ2v) is 5.10. The Morgan fingerprint density at radius 1 is 1.28 bits per heavy atom. The molecule has 100 valence electrons. The van der Waals surface area contributed by atoms with Crippen LogP contribution >= 0.6 is 0 Å². The van der Waals surface area contributed by atoms with Crippen molar-refractivity contribution in [3.05, 3.63) is 28.8 Å². The first kappa shape index (κ1) is 14.6. The van der Waals surface area contributed by atoms with Gasteiger partial charge in [0.15, 0.2) is 0 Å². The van der Waals surface area contributed by atoms with E-state index in [1.165, 1.54) is 0 Å². The van der Waals surface area contributed by atoms with Crippen LogP contribution in [0.15, 0.2) is 12.1 Å². The molecule has 18 heavy (non-hydrogen) atoms. The summed E-state index contributed by atoms with van der Waals surface area (Å²) in [5.74, 6) is 0.500. The van der Waals surface area contributed by atoms with Crippen LogP contribution in [0, 0.1) is 6.92 Å². The second-order valence-electron chi connectivity index (χ2n) is 5.10. The van der Waals surface area contributed by atoms with E-state index in [-0.39, 0.29) is 12.3 Å². The molecule has 0 amide bonds. The molecule has 0 aliphatic carbocycles. The molecule has 0 heterocycles. The number of aryl methyl sites for hydroxylation is 1. The molecule has 0 bridgehead atoms. The van der Waals surface area contributed by atoms with E-state index in [0.29, 0.717) is 5.92 Å². The molecule has 3 heteroatoms. The molecule has 1 aromatic carbocycles. The minimum atomic E-state index is -0.760. The summed E-state index contributed by atoms with van der Waals surface area (Å²) < 4.78 is 5.39. The predicted octanol–water partition coefficient (Wildman–Crippen LogP) is 3.71. The molecule has 0 saturated heterocycles. The van der Waals surface area contributed by atoms with Gasteiger partial charge in [0.25, 0.3) is 0 Å². The van der Waals surface area contributed by atoms with Gasteiger partial charge in [-0.05, 0) is 41.5 Å². The van der Waals surface area contributed by atoms with Crippen LogP contribution in [0.5, 0.6) is 5.75 Å². The Hall–Kier alpha value is -1.51. The number of carboxylic acids is 1. The Morgan fingerprint density at radius 3 is 2.33 bits per heavy atom. The normalized spacial score (nSPS) is 12.6. The highest BCUT2D eigenvalue weighted by atomic mass is 16.5. The zero-order valence-corrected chi connectivity index (χ0v) is 11.8. The van der Waals surface area contributed by atoms with Gasteiger partial charge in [-0.2, -0.15) is 0 Å². The minimum Gasteiger partial charge on any atom is -0.496 e. The number of ether oxygens (including phenoxy) is 1. The van der Waals surface area contributed by atoms with Crippen LogP contribution < -0.4 is 4.74 Å². The molecule has 0 aromatic heterocycles. The maximum Gasteiger partial charge on any atom is 0.303 e. The monoisotopic (exact) mass is 250 g/mol. The highest BCUT2D eigenvalue weighted by Gasteiger charge is 2.17. The fourth-order valence-corrected chi connectivity index (χ4v) is 2.25. The molecular formula is C15H22O3. The highest BCUT2D eigenvalue weighted by molar-refractivity contribution is 5.68. The number of hydrogen-bond acceptors (Lipinski definition) is 2. The fourth-order valence-electron chi connectivity index (χ4n) is 2.25. The van der Waals surface area contributed by atoms with Gasteiger partial charge < -0.3 is 9.84 Å². The first-order chi connectivity index (χ1) is 8.36. The largest absolute Gasteiger partial charge is 0.496 e. The summed E-state index contributed by atoms with van der Waals surface area (Å²) in [5.41, 5.74) is 3.32. The molecule has 1 atom stereocenters. The van der Waals surface area contributed by atoms with Crippen LogP contribution in [0.4, 0.5) is 0 Å². The SMILES string of the molecule is COc1cc(C)c(C(C)CC(=O)O)cc1C(C)C. The van der Waals surface area contributed by atoms with Gasteiger partial charge in [-0.1, -0.05) is 26.8 Å². The molecule has 0 fully saturated rings. The van der Waals surface area contributed by atoms with E-state index in [1.54, 1.807) is 7.11 Å². The number of methoxy groups -OCH3 is 1. The summed E-state index contributed by atoms with van der Waals surface area (Å²) in [6.07, 6.45) is 0.157. The molecule has 3 nitrogen and oxygen atoms in total. The Bertz CT molecular complexity index is 436. The summed E-state index contributed by atoms with van der Waals surface area (Å²) in [6.45, 7) is 8.17. The van der Waals surface area contributed by atoms with Gasteiger partial charge in [-0.3, -0.25) is 4.79 Å². The Balaban J connectivity index is 3.20. The van der Waals surface area contributed by atoms with Crippen molar-refractivity contribution in [3.8, 4) is 5.75 Å². The van der Waals surface area contributed by atoms with Crippen molar-refractivity contribution in [1.29, 1.82) is 0 Å². The standard InChI is InChI=1S/C15H22O3/c1-9(2)12-8-13(11(4)7-15(16)17)10(3)6-14(12)18-5/h6,8-9,11H,7H2,1-5H3,(H,16,17). The Kier molecular flexibility index (Phi) is 4.76. The molecular weight excluding hydrogens is 228 g/mol. The van der Waals surface area contributed by atoms with Crippen LogP contribution in [0.1, 0.15) is 55.7 Å². The lowest BCUT2D eigenvalue weighted by molar-refractivity contribution is -0.137. The summed E-state index contributed by atoms with van der Waals surface area (Å²) in [5, 5.41) is 8.89. The van der Waals surface area contributed by atoms with Gasteiger partial charge in [0.05, 0.1) is 13.5 Å². The number of hydrogen-bond donors (Lipinski definition) is 1. The molecule has 0 saturated carbocycles. The topological polar surface area (TPSA) is 46.5 Å². The third-order valence-corrected chi connectivity index (χ3v) is 3.25. The predicted molar refractivity (Wildman–Crippen MR) is 72.5 cm³/mol. The average molecular weight is 250 g/mol. The quantitative estimate of drug-likeness (QED) is 0.866. The van der Waals surface area contributed by atoms with Crippen LogP contribution in [-0.4, -0.2) is 18.2 Å². The lowest BCUT2D eigenvalue weighted by Gasteiger charge is -2.19. The number of aliphatic carboxylic acids is 1. The zero-order valence-electron chi connectivity index (χ0n) is 11.8. The van der Waals surface area contributed by atoms with Crippen molar-refractivity contribution in [2.75, 3.05) is 7.11 Å². The van der Waals surface area contributed by atoms with E-state index >= 15 is 0 Å². The van der Waals surface area contributed by atoms with Crippen molar-refractivity contribution >= 4 is 5.97 Å². The van der Waals surface area contributed by atoms with Gasteiger partial charge in [-0.25, -0.2) is 0 Å². The van der Waals surface area contributed by atoms with Crippen LogP contribution in [0.3, 0.4) is 0 Å². The zero-order chi connectivity index (χ0) is 13.9. The van der Waals surface area contributed by atoms with Crippen molar-refractivity contribution in [3.63, 3.8) is 0 Å². The molecule has 1 rings (SSSR count). The highest BCUT2D eigenvalue weighted by Crippen LogP contribution is 2.33. The Labute approximate surface area is 109 Å². The number of carboxylic acid groups (broad SMARTS) is 1. The molecule has 0 aliphatic rings. The van der Waals surface area contributed by atoms with Gasteiger partial charge >= 0.3 is 5.97 Å². The first-order valence-corrected chi connectivity index (χ1v) is 6.27. The third-order valence-electron chi connectivity index (χ3n) is 3.25. The van der Waals surface area contributed by atoms with Gasteiger partial charge in [0.2, 0.25) is 0 Å². The molecule has 0 aliphatic heterocycles. The molecule has 1 unspecified atom stereocenters. The fraction of sp³-hybridized carbons (Fsp3) is 0.533. The van der Waals surface area contributed by atoms with Crippen molar-refractivity contribution in [1.82, 2.24) is 0 Å². The second kappa shape index (κ2) is 5.89. The smallest absolute Gasteiger partial charge is 0.303 e. The van der Waals surface area contributed by atoms with Crippen molar-refractivity contribution in [2.45, 2.75) is 46.0 Å². The molecule has 0 radical (unpaired) electrons.